The topological polar surface area (TPSA) is 83.5 Å². The monoisotopic (exact) mass is 490 g/mol. The third-order valence-corrected chi connectivity index (χ3v) is 7.28. The van der Waals surface area contributed by atoms with Crippen LogP contribution in [0.5, 0.6) is 0 Å². The van der Waals surface area contributed by atoms with Crippen LogP contribution in [0.15, 0.2) is 30.3 Å². The van der Waals surface area contributed by atoms with E-state index in [1.807, 2.05) is 32.0 Å². The lowest BCUT2D eigenvalue weighted by Crippen LogP contribution is -2.42. The van der Waals surface area contributed by atoms with Crippen LogP contribution in [0.25, 0.3) is 0 Å². The molecule has 7 nitrogen and oxygen atoms in total. The maximum Gasteiger partial charge on any atom is 0.338 e. The molecule has 3 saturated heterocycles. The van der Waals surface area contributed by atoms with Gasteiger partial charge in [0.2, 0.25) is 0 Å². The number of esters is 1. The molecule has 0 bridgehead atoms. The van der Waals surface area contributed by atoms with Crippen LogP contribution in [-0.2, 0) is 23.7 Å². The minimum absolute atomic E-state index is 0.220. The summed E-state index contributed by atoms with van der Waals surface area (Å²) in [6, 6.07) is 9.10. The Kier molecular flexibility index (Phi) is 9.22. The second-order valence-electron chi connectivity index (χ2n) is 10.6. The fourth-order valence-corrected chi connectivity index (χ4v) is 5.43. The molecule has 196 valence electrons. The molecule has 3 heterocycles. The van der Waals surface area contributed by atoms with Gasteiger partial charge in [-0.15, -0.1) is 0 Å². The van der Waals surface area contributed by atoms with Crippen molar-refractivity contribution in [3.8, 4) is 0 Å². The van der Waals surface area contributed by atoms with E-state index in [9.17, 15) is 9.90 Å². The van der Waals surface area contributed by atoms with Gasteiger partial charge in [0.1, 0.15) is 24.4 Å². The van der Waals surface area contributed by atoms with Crippen molar-refractivity contribution in [3.63, 3.8) is 0 Å². The van der Waals surface area contributed by atoms with Gasteiger partial charge in [0.25, 0.3) is 0 Å². The van der Waals surface area contributed by atoms with E-state index in [0.717, 1.165) is 32.1 Å². The number of unbranched alkanes of at least 4 members (excludes halogenated alkanes) is 6. The number of aliphatic hydroxyl groups excluding tert-OH is 1. The van der Waals surface area contributed by atoms with E-state index in [2.05, 4.69) is 6.92 Å². The van der Waals surface area contributed by atoms with Crippen molar-refractivity contribution in [2.45, 2.75) is 134 Å². The number of rotatable bonds is 12. The summed E-state index contributed by atoms with van der Waals surface area (Å²) in [5.41, 5.74) is 0.547. The lowest BCUT2D eigenvalue weighted by atomic mass is 10.00. The SMILES string of the molecule is CCCCCCCCC[C@H](OC(=O)c1ccccc1)[C@@H]1CC[C@@H]([C@@H]2O[C@H]3OC(C)(C)O[C@@H]3[C@H]2O)O1. The number of fused-ring (bicyclic) bond motifs is 1. The smallest absolute Gasteiger partial charge is 0.338 e. The van der Waals surface area contributed by atoms with E-state index in [0.29, 0.717) is 5.56 Å². The van der Waals surface area contributed by atoms with Crippen LogP contribution in [0, 0.1) is 0 Å². The van der Waals surface area contributed by atoms with Gasteiger partial charge in [-0.1, -0.05) is 63.6 Å². The van der Waals surface area contributed by atoms with Crippen LogP contribution in [0.2, 0.25) is 0 Å². The van der Waals surface area contributed by atoms with E-state index in [1.165, 1.54) is 32.1 Å². The molecule has 7 heteroatoms. The van der Waals surface area contributed by atoms with E-state index >= 15 is 0 Å². The third-order valence-electron chi connectivity index (χ3n) is 7.28. The van der Waals surface area contributed by atoms with Crippen LogP contribution in [-0.4, -0.2) is 59.8 Å². The molecule has 0 aromatic heterocycles. The summed E-state index contributed by atoms with van der Waals surface area (Å²) >= 11 is 0. The number of benzene rings is 1. The standard InChI is InChI=1S/C28H42O7/c1-4-5-6-7-8-9-13-16-20(32-26(30)19-14-11-10-12-15-19)21-17-18-22(31-21)24-23(29)25-27(33-24)35-28(2,3)34-25/h10-12,14-15,20-25,27,29H,4-9,13,16-18H2,1-3H3/t20-,21-,22-,23-,24-,25+,27-/m0/s1. The minimum Gasteiger partial charge on any atom is -0.456 e. The van der Waals surface area contributed by atoms with Crippen molar-refractivity contribution in [2.24, 2.45) is 0 Å². The lowest BCUT2D eigenvalue weighted by molar-refractivity contribution is -0.229. The van der Waals surface area contributed by atoms with Crippen molar-refractivity contribution in [2.75, 3.05) is 0 Å². The summed E-state index contributed by atoms with van der Waals surface area (Å²) in [6.45, 7) is 5.85. The lowest BCUT2D eigenvalue weighted by Gasteiger charge is -2.28. The molecule has 0 unspecified atom stereocenters. The van der Waals surface area contributed by atoms with E-state index in [-0.39, 0.29) is 24.3 Å². The van der Waals surface area contributed by atoms with Crippen molar-refractivity contribution >= 4 is 5.97 Å². The average Bonchev–Trinajstić information content (AvgIpc) is 3.52. The molecule has 1 N–H and O–H groups in total. The molecule has 1 aromatic rings. The zero-order valence-electron chi connectivity index (χ0n) is 21.4. The Morgan fingerprint density at radius 3 is 2.43 bits per heavy atom. The number of aliphatic hydroxyl groups is 1. The molecule has 0 saturated carbocycles. The number of ether oxygens (including phenoxy) is 5. The highest BCUT2D eigenvalue weighted by molar-refractivity contribution is 5.89. The first-order chi connectivity index (χ1) is 16.9. The van der Waals surface area contributed by atoms with Crippen molar-refractivity contribution < 1.29 is 33.6 Å². The Hall–Kier alpha value is -1.51. The summed E-state index contributed by atoms with van der Waals surface area (Å²) in [4.78, 5) is 12.8. The summed E-state index contributed by atoms with van der Waals surface area (Å²) in [5, 5.41) is 10.8. The van der Waals surface area contributed by atoms with E-state index in [1.54, 1.807) is 12.1 Å². The van der Waals surface area contributed by atoms with Gasteiger partial charge in [-0.25, -0.2) is 4.79 Å². The Bertz CT molecular complexity index is 798. The zero-order valence-corrected chi connectivity index (χ0v) is 21.4. The van der Waals surface area contributed by atoms with Crippen LogP contribution in [0.4, 0.5) is 0 Å². The van der Waals surface area contributed by atoms with Crippen molar-refractivity contribution in [3.05, 3.63) is 35.9 Å². The van der Waals surface area contributed by atoms with E-state index in [4.69, 9.17) is 23.7 Å². The van der Waals surface area contributed by atoms with Crippen LogP contribution in [0.1, 0.15) is 95.3 Å². The Balaban J connectivity index is 1.33. The molecule has 35 heavy (non-hydrogen) atoms. The van der Waals surface area contributed by atoms with Gasteiger partial charge < -0.3 is 28.8 Å². The highest BCUT2D eigenvalue weighted by atomic mass is 16.8. The van der Waals surface area contributed by atoms with Gasteiger partial charge in [-0.05, 0) is 51.7 Å². The van der Waals surface area contributed by atoms with Crippen LogP contribution >= 0.6 is 0 Å². The molecule has 0 amide bonds. The Morgan fingerprint density at radius 1 is 1.00 bits per heavy atom. The largest absolute Gasteiger partial charge is 0.456 e. The predicted octanol–water partition coefficient (Wildman–Crippen LogP) is 5.14. The fraction of sp³-hybridized carbons (Fsp3) is 0.750. The van der Waals surface area contributed by atoms with Crippen LogP contribution < -0.4 is 0 Å². The fourth-order valence-electron chi connectivity index (χ4n) is 5.43. The molecule has 3 aliphatic heterocycles. The normalized spacial score (nSPS) is 32.5. The minimum atomic E-state index is -0.820. The molecule has 4 rings (SSSR count). The van der Waals surface area contributed by atoms with Gasteiger partial charge in [0, 0.05) is 0 Å². The van der Waals surface area contributed by atoms with Gasteiger partial charge in [0.15, 0.2) is 12.1 Å². The molecule has 0 spiro atoms. The molecular weight excluding hydrogens is 448 g/mol. The number of carbonyl (C=O) groups is 1. The van der Waals surface area contributed by atoms with Crippen LogP contribution in [0.3, 0.4) is 0 Å². The third kappa shape index (κ3) is 6.83. The summed E-state index contributed by atoms with van der Waals surface area (Å²) in [6.07, 6.45) is 7.36. The molecular formula is C28H42O7. The highest BCUT2D eigenvalue weighted by Crippen LogP contribution is 2.41. The zero-order chi connectivity index (χ0) is 24.8. The number of hydrogen-bond acceptors (Lipinski definition) is 7. The first-order valence-corrected chi connectivity index (χ1v) is 13.5. The summed E-state index contributed by atoms with van der Waals surface area (Å²) < 4.78 is 30.0. The first kappa shape index (κ1) is 26.6. The molecule has 3 fully saturated rings. The van der Waals surface area contributed by atoms with Gasteiger partial charge >= 0.3 is 5.97 Å². The number of carbonyl (C=O) groups excluding carboxylic acids is 1. The molecule has 0 radical (unpaired) electrons. The van der Waals surface area contributed by atoms with Crippen molar-refractivity contribution in [1.82, 2.24) is 0 Å². The first-order valence-electron chi connectivity index (χ1n) is 13.5. The maximum absolute atomic E-state index is 12.8. The molecule has 0 aliphatic carbocycles. The predicted molar refractivity (Wildman–Crippen MR) is 131 cm³/mol. The Morgan fingerprint density at radius 2 is 1.71 bits per heavy atom. The molecule has 3 aliphatic rings. The Labute approximate surface area is 209 Å². The molecule has 1 aromatic carbocycles. The average molecular weight is 491 g/mol. The van der Waals surface area contributed by atoms with Gasteiger partial charge in [-0.3, -0.25) is 0 Å². The van der Waals surface area contributed by atoms with Gasteiger partial charge in [0.05, 0.1) is 17.8 Å². The highest BCUT2D eigenvalue weighted by Gasteiger charge is 2.57. The summed E-state index contributed by atoms with van der Waals surface area (Å²) in [5.74, 6) is -1.09. The van der Waals surface area contributed by atoms with E-state index < -0.39 is 30.4 Å². The maximum atomic E-state index is 12.8. The molecule has 7 atom stereocenters. The second-order valence-corrected chi connectivity index (χ2v) is 10.6. The quantitative estimate of drug-likeness (QED) is 0.321. The number of hydrogen-bond donors (Lipinski definition) is 1. The second kappa shape index (κ2) is 12.2. The summed E-state index contributed by atoms with van der Waals surface area (Å²) in [7, 11) is 0. The van der Waals surface area contributed by atoms with Gasteiger partial charge in [-0.2, -0.15) is 0 Å². The van der Waals surface area contributed by atoms with Crippen molar-refractivity contribution in [1.29, 1.82) is 0 Å².